The van der Waals surface area contributed by atoms with Crippen molar-refractivity contribution in [1.82, 2.24) is 10.6 Å². The maximum absolute atomic E-state index is 11.1. The van der Waals surface area contributed by atoms with E-state index in [9.17, 15) is 4.79 Å². The van der Waals surface area contributed by atoms with Gasteiger partial charge in [-0.1, -0.05) is 17.7 Å². The summed E-state index contributed by atoms with van der Waals surface area (Å²) in [6.07, 6.45) is 2.22. The van der Waals surface area contributed by atoms with Gasteiger partial charge < -0.3 is 25.7 Å². The lowest BCUT2D eigenvalue weighted by atomic mass is 10.0. The van der Waals surface area contributed by atoms with Crippen LogP contribution in [0, 0.1) is 6.92 Å². The topological polar surface area (TPSA) is 95.9 Å². The number of hydrogen-bond acceptors (Lipinski definition) is 4. The number of rotatable bonds is 5. The number of piperidine rings is 1. The van der Waals surface area contributed by atoms with Crippen LogP contribution in [0.4, 0.5) is 5.69 Å². The molecule has 1 unspecified atom stereocenters. The number of primary amides is 1. The molecule has 0 aliphatic carbocycles. The number of aryl methyl sites for hydroxylation is 1. The Bertz CT molecular complexity index is 803. The van der Waals surface area contributed by atoms with Crippen molar-refractivity contribution in [1.29, 1.82) is 0 Å². The van der Waals surface area contributed by atoms with Gasteiger partial charge in [0.25, 0.3) is 5.91 Å². The van der Waals surface area contributed by atoms with Crippen LogP contribution >= 0.6 is 24.0 Å². The van der Waals surface area contributed by atoms with Crippen molar-refractivity contribution in [3.63, 3.8) is 0 Å². The van der Waals surface area contributed by atoms with Crippen LogP contribution in [0.1, 0.15) is 34.7 Å². The largest absolute Gasteiger partial charge is 0.454 e. The van der Waals surface area contributed by atoms with Crippen LogP contribution in [0.25, 0.3) is 0 Å². The summed E-state index contributed by atoms with van der Waals surface area (Å²) in [5.74, 6) is 0.942. The molecule has 8 heteroatoms. The third-order valence-corrected chi connectivity index (χ3v) is 4.72. The van der Waals surface area contributed by atoms with Crippen LogP contribution in [-0.4, -0.2) is 38.0 Å². The van der Waals surface area contributed by atoms with Crippen molar-refractivity contribution in [3.8, 4) is 0 Å². The molecule has 7 nitrogen and oxygen atoms in total. The first-order valence-electron chi connectivity index (χ1n) is 9.22. The highest BCUT2D eigenvalue weighted by molar-refractivity contribution is 14.0. The number of furan rings is 1. The lowest BCUT2D eigenvalue weighted by Crippen LogP contribution is -2.51. The maximum atomic E-state index is 11.1. The quantitative estimate of drug-likeness (QED) is 0.336. The molecule has 0 saturated carbocycles. The second-order valence-electron chi connectivity index (χ2n) is 6.82. The van der Waals surface area contributed by atoms with Crippen molar-refractivity contribution < 1.29 is 9.21 Å². The smallest absolute Gasteiger partial charge is 0.284 e. The van der Waals surface area contributed by atoms with E-state index in [0.29, 0.717) is 24.3 Å². The molecule has 1 aromatic carbocycles. The Morgan fingerprint density at radius 2 is 2.04 bits per heavy atom. The van der Waals surface area contributed by atoms with Crippen LogP contribution < -0.4 is 21.3 Å². The van der Waals surface area contributed by atoms with E-state index in [-0.39, 0.29) is 29.7 Å². The summed E-state index contributed by atoms with van der Waals surface area (Å²) >= 11 is 0. The number of guanidine groups is 1. The summed E-state index contributed by atoms with van der Waals surface area (Å²) in [7, 11) is 1.74. The first-order valence-corrected chi connectivity index (χ1v) is 9.22. The van der Waals surface area contributed by atoms with Crippen LogP contribution in [0.5, 0.6) is 0 Å². The third kappa shape index (κ3) is 5.88. The van der Waals surface area contributed by atoms with E-state index < -0.39 is 5.91 Å². The molecule has 1 aromatic heterocycles. The van der Waals surface area contributed by atoms with Crippen molar-refractivity contribution >= 4 is 41.5 Å². The van der Waals surface area contributed by atoms with Crippen molar-refractivity contribution in [2.75, 3.05) is 25.0 Å². The number of aliphatic imine (C=N–C) groups is 1. The highest BCUT2D eigenvalue weighted by Crippen LogP contribution is 2.20. The number of halogens is 1. The molecule has 1 aliphatic rings. The van der Waals surface area contributed by atoms with Gasteiger partial charge in [-0.05, 0) is 44.0 Å². The van der Waals surface area contributed by atoms with E-state index >= 15 is 0 Å². The average molecular weight is 497 g/mol. The zero-order chi connectivity index (χ0) is 19.2. The zero-order valence-electron chi connectivity index (χ0n) is 16.3. The van der Waals surface area contributed by atoms with Gasteiger partial charge in [-0.25, -0.2) is 0 Å². The van der Waals surface area contributed by atoms with Crippen LogP contribution in [-0.2, 0) is 6.54 Å². The summed E-state index contributed by atoms with van der Waals surface area (Å²) in [5, 5.41) is 6.70. The number of amides is 1. The molecule has 1 aliphatic heterocycles. The maximum Gasteiger partial charge on any atom is 0.284 e. The molecule has 2 heterocycles. The molecule has 152 valence electrons. The van der Waals surface area contributed by atoms with Crippen LogP contribution in [0.3, 0.4) is 0 Å². The standard InChI is InChI=1S/C20H27N5O2.HI/c1-14-5-7-16(8-6-14)25-11-3-4-15(13-25)24-20(22-2)23-12-17-9-10-18(27-17)19(21)26;/h5-10,15H,3-4,11-13H2,1-2H3,(H2,21,26)(H2,22,23,24);1H. The van der Waals surface area contributed by atoms with E-state index in [1.165, 1.54) is 11.3 Å². The Hall–Kier alpha value is -2.23. The Morgan fingerprint density at radius 1 is 1.29 bits per heavy atom. The van der Waals surface area contributed by atoms with Crippen LogP contribution in [0.2, 0.25) is 0 Å². The Morgan fingerprint density at radius 3 is 2.68 bits per heavy atom. The lowest BCUT2D eigenvalue weighted by Gasteiger charge is -2.35. The van der Waals surface area contributed by atoms with Gasteiger partial charge >= 0.3 is 0 Å². The number of nitrogens with zero attached hydrogens (tertiary/aromatic N) is 2. The minimum atomic E-state index is -0.567. The van der Waals surface area contributed by atoms with Gasteiger partial charge in [0.15, 0.2) is 11.7 Å². The number of anilines is 1. The Balaban J connectivity index is 0.00000280. The normalized spacial score (nSPS) is 17.0. The number of hydrogen-bond donors (Lipinski definition) is 3. The van der Waals surface area contributed by atoms with Crippen molar-refractivity contribution in [3.05, 3.63) is 53.5 Å². The lowest BCUT2D eigenvalue weighted by molar-refractivity contribution is 0.0972. The summed E-state index contributed by atoms with van der Waals surface area (Å²) in [5.41, 5.74) is 7.73. The molecular weight excluding hydrogens is 469 g/mol. The highest BCUT2D eigenvalue weighted by atomic mass is 127. The number of nitrogens with two attached hydrogens (primary N) is 1. The average Bonchev–Trinajstić information content (AvgIpc) is 3.15. The number of carbonyl (C=O) groups is 1. The molecule has 0 bridgehead atoms. The fourth-order valence-electron chi connectivity index (χ4n) is 3.25. The predicted molar refractivity (Wildman–Crippen MR) is 122 cm³/mol. The van der Waals surface area contributed by atoms with Gasteiger partial charge in [0.2, 0.25) is 0 Å². The molecule has 28 heavy (non-hydrogen) atoms. The van der Waals surface area contributed by atoms with Gasteiger partial charge in [-0.3, -0.25) is 9.79 Å². The van der Waals surface area contributed by atoms with Crippen molar-refractivity contribution in [2.24, 2.45) is 10.7 Å². The van der Waals surface area contributed by atoms with E-state index in [0.717, 1.165) is 25.9 Å². The summed E-state index contributed by atoms with van der Waals surface area (Å²) in [6.45, 7) is 4.53. The minimum absolute atomic E-state index is 0. The van der Waals surface area contributed by atoms with Crippen LogP contribution in [0.15, 0.2) is 45.8 Å². The van der Waals surface area contributed by atoms with E-state index in [4.69, 9.17) is 10.2 Å². The molecule has 1 saturated heterocycles. The second kappa shape index (κ2) is 10.4. The molecular formula is C20H28IN5O2. The predicted octanol–water partition coefficient (Wildman–Crippen LogP) is 2.64. The molecule has 1 fully saturated rings. The minimum Gasteiger partial charge on any atom is -0.454 e. The van der Waals surface area contributed by atoms with Gasteiger partial charge in [-0.15, -0.1) is 24.0 Å². The first-order chi connectivity index (χ1) is 13.0. The fraction of sp³-hybridized carbons (Fsp3) is 0.400. The molecule has 2 aromatic rings. The summed E-state index contributed by atoms with van der Waals surface area (Å²) < 4.78 is 5.39. The molecule has 0 radical (unpaired) electrons. The molecule has 1 atom stereocenters. The molecule has 0 spiro atoms. The van der Waals surface area contributed by atoms with Gasteiger partial charge in [-0.2, -0.15) is 0 Å². The molecule has 1 amide bonds. The summed E-state index contributed by atoms with van der Waals surface area (Å²) in [6, 6.07) is 12.3. The number of benzene rings is 1. The van der Waals surface area contributed by atoms with Crippen molar-refractivity contribution in [2.45, 2.75) is 32.4 Å². The second-order valence-corrected chi connectivity index (χ2v) is 6.82. The molecule has 4 N–H and O–H groups in total. The number of carbonyl (C=O) groups excluding carboxylic acids is 1. The SMILES string of the molecule is CN=C(NCc1ccc(C(N)=O)o1)NC1CCCN(c2ccc(C)cc2)C1.I. The van der Waals surface area contributed by atoms with Gasteiger partial charge in [0, 0.05) is 31.9 Å². The van der Waals surface area contributed by atoms with Gasteiger partial charge in [0.1, 0.15) is 5.76 Å². The third-order valence-electron chi connectivity index (χ3n) is 4.72. The first kappa shape index (κ1) is 22.1. The van der Waals surface area contributed by atoms with E-state index in [1.54, 1.807) is 19.2 Å². The monoisotopic (exact) mass is 497 g/mol. The molecule has 3 rings (SSSR count). The number of nitrogens with one attached hydrogen (secondary N) is 2. The highest BCUT2D eigenvalue weighted by Gasteiger charge is 2.21. The zero-order valence-corrected chi connectivity index (χ0v) is 18.6. The van der Waals surface area contributed by atoms with E-state index in [2.05, 4.69) is 51.7 Å². The van der Waals surface area contributed by atoms with Gasteiger partial charge in [0.05, 0.1) is 6.54 Å². The Labute approximate surface area is 182 Å². The van der Waals surface area contributed by atoms with E-state index in [1.807, 2.05) is 0 Å². The summed E-state index contributed by atoms with van der Waals surface area (Å²) in [4.78, 5) is 17.8. The fourth-order valence-corrected chi connectivity index (χ4v) is 3.25. The Kier molecular flexibility index (Phi) is 8.16.